The Labute approximate surface area is 116 Å². The van der Waals surface area contributed by atoms with Crippen molar-refractivity contribution in [2.75, 3.05) is 6.54 Å². The maximum atomic E-state index is 5.99. The third kappa shape index (κ3) is 2.69. The van der Waals surface area contributed by atoms with Crippen molar-refractivity contribution in [1.29, 1.82) is 0 Å². The largest absolute Gasteiger partial charge is 0.339 e. The summed E-state index contributed by atoms with van der Waals surface area (Å²) >= 11 is 1.53. The van der Waals surface area contributed by atoms with Gasteiger partial charge in [0.1, 0.15) is 5.69 Å². The lowest BCUT2D eigenvalue weighted by Gasteiger charge is -2.34. The first-order valence-corrected chi connectivity index (χ1v) is 7.67. The van der Waals surface area contributed by atoms with Gasteiger partial charge in [0.25, 0.3) is 0 Å². The van der Waals surface area contributed by atoms with E-state index in [1.807, 2.05) is 5.38 Å². The highest BCUT2D eigenvalue weighted by Crippen LogP contribution is 2.38. The maximum absolute atomic E-state index is 5.99. The van der Waals surface area contributed by atoms with Crippen molar-refractivity contribution in [2.24, 2.45) is 11.1 Å². The number of rotatable bonds is 4. The van der Waals surface area contributed by atoms with Crippen molar-refractivity contribution < 1.29 is 4.52 Å². The molecule has 1 aliphatic carbocycles. The van der Waals surface area contributed by atoms with Crippen molar-refractivity contribution in [3.05, 3.63) is 16.8 Å². The van der Waals surface area contributed by atoms with Gasteiger partial charge in [-0.1, -0.05) is 24.4 Å². The topological polar surface area (TPSA) is 77.8 Å². The molecule has 0 aliphatic heterocycles. The van der Waals surface area contributed by atoms with E-state index in [1.165, 1.54) is 30.6 Å². The molecule has 19 heavy (non-hydrogen) atoms. The Kier molecular flexibility index (Phi) is 3.61. The van der Waals surface area contributed by atoms with Gasteiger partial charge in [-0.25, -0.2) is 4.98 Å². The van der Waals surface area contributed by atoms with E-state index in [2.05, 4.69) is 15.1 Å². The number of nitrogens with two attached hydrogens (primary N) is 1. The van der Waals surface area contributed by atoms with Crippen molar-refractivity contribution in [3.8, 4) is 11.5 Å². The minimum atomic E-state index is 0.157. The molecule has 2 N–H and O–H groups in total. The normalized spacial score (nSPS) is 18.6. The van der Waals surface area contributed by atoms with Crippen molar-refractivity contribution in [3.63, 3.8) is 0 Å². The molecule has 0 amide bonds. The van der Waals surface area contributed by atoms with Gasteiger partial charge in [-0.15, -0.1) is 11.3 Å². The summed E-state index contributed by atoms with van der Waals surface area (Å²) in [4.78, 5) is 8.64. The van der Waals surface area contributed by atoms with Crippen LogP contribution in [0.5, 0.6) is 0 Å². The summed E-state index contributed by atoms with van der Waals surface area (Å²) in [5, 5.41) is 5.93. The van der Waals surface area contributed by atoms with Gasteiger partial charge in [0.05, 0.1) is 5.51 Å². The highest BCUT2D eigenvalue weighted by atomic mass is 32.1. The third-order valence-electron chi connectivity index (χ3n) is 4.00. The minimum Gasteiger partial charge on any atom is -0.339 e. The summed E-state index contributed by atoms with van der Waals surface area (Å²) in [5.41, 5.74) is 8.70. The van der Waals surface area contributed by atoms with E-state index in [9.17, 15) is 0 Å². The quantitative estimate of drug-likeness (QED) is 0.930. The summed E-state index contributed by atoms with van der Waals surface area (Å²) in [5.74, 6) is 1.27. The molecule has 3 rings (SSSR count). The fourth-order valence-electron chi connectivity index (χ4n) is 2.83. The second-order valence-electron chi connectivity index (χ2n) is 5.33. The lowest BCUT2D eigenvalue weighted by atomic mass is 9.72. The van der Waals surface area contributed by atoms with E-state index < -0.39 is 0 Å². The summed E-state index contributed by atoms with van der Waals surface area (Å²) < 4.78 is 5.37. The lowest BCUT2D eigenvalue weighted by Crippen LogP contribution is -2.35. The Bertz CT molecular complexity index is 516. The molecule has 0 atom stereocenters. The second-order valence-corrected chi connectivity index (χ2v) is 6.05. The number of nitrogens with zero attached hydrogens (tertiary/aromatic N) is 3. The molecule has 1 saturated carbocycles. The van der Waals surface area contributed by atoms with Crippen molar-refractivity contribution in [1.82, 2.24) is 15.1 Å². The molecule has 2 heterocycles. The van der Waals surface area contributed by atoms with Crippen LogP contribution in [0.4, 0.5) is 0 Å². The van der Waals surface area contributed by atoms with Crippen LogP contribution in [0.1, 0.15) is 38.0 Å². The van der Waals surface area contributed by atoms with Gasteiger partial charge < -0.3 is 10.3 Å². The molecule has 0 saturated heterocycles. The number of hydrogen-bond acceptors (Lipinski definition) is 6. The van der Waals surface area contributed by atoms with E-state index in [4.69, 9.17) is 10.3 Å². The molecule has 5 nitrogen and oxygen atoms in total. The van der Waals surface area contributed by atoms with Crippen LogP contribution in [0.3, 0.4) is 0 Å². The van der Waals surface area contributed by atoms with E-state index in [1.54, 1.807) is 5.51 Å². The summed E-state index contributed by atoms with van der Waals surface area (Å²) in [6, 6.07) is 0. The van der Waals surface area contributed by atoms with Crippen molar-refractivity contribution in [2.45, 2.75) is 38.5 Å². The van der Waals surface area contributed by atoms with E-state index in [-0.39, 0.29) is 5.41 Å². The predicted octanol–water partition coefficient (Wildman–Crippen LogP) is 2.64. The average Bonchev–Trinajstić information content (AvgIpc) is 3.10. The fraction of sp³-hybridized carbons (Fsp3) is 0.615. The average molecular weight is 278 g/mol. The maximum Gasteiger partial charge on any atom is 0.227 e. The summed E-state index contributed by atoms with van der Waals surface area (Å²) in [6.45, 7) is 0.696. The number of aromatic nitrogens is 3. The van der Waals surface area contributed by atoms with Gasteiger partial charge >= 0.3 is 0 Å². The lowest BCUT2D eigenvalue weighted by molar-refractivity contribution is 0.177. The van der Waals surface area contributed by atoms with Gasteiger partial charge in [0.2, 0.25) is 11.7 Å². The van der Waals surface area contributed by atoms with Crippen LogP contribution in [-0.4, -0.2) is 21.7 Å². The molecule has 2 aromatic rings. The monoisotopic (exact) mass is 278 g/mol. The van der Waals surface area contributed by atoms with Gasteiger partial charge in [-0.2, -0.15) is 4.98 Å². The van der Waals surface area contributed by atoms with E-state index in [0.29, 0.717) is 18.3 Å². The zero-order valence-corrected chi connectivity index (χ0v) is 11.7. The molecule has 102 valence electrons. The van der Waals surface area contributed by atoms with Crippen LogP contribution in [0.25, 0.3) is 11.5 Å². The molecule has 1 aliphatic rings. The molecule has 0 radical (unpaired) electrons. The van der Waals surface area contributed by atoms with Crippen LogP contribution in [-0.2, 0) is 6.42 Å². The number of hydrogen-bond donors (Lipinski definition) is 1. The van der Waals surface area contributed by atoms with Crippen LogP contribution in [0.2, 0.25) is 0 Å². The minimum absolute atomic E-state index is 0.157. The SMILES string of the molecule is NCC1(Cc2nc(-c3cscn3)no2)CCCCC1. The predicted molar refractivity (Wildman–Crippen MR) is 73.7 cm³/mol. The Balaban J connectivity index is 1.76. The van der Waals surface area contributed by atoms with Crippen LogP contribution in [0.15, 0.2) is 15.4 Å². The Morgan fingerprint density at radius 1 is 1.32 bits per heavy atom. The standard InChI is InChI=1S/C13H18N4OS/c14-8-13(4-2-1-3-5-13)6-11-16-12(17-18-11)10-7-19-9-15-10/h7,9H,1-6,8,14H2. The van der Waals surface area contributed by atoms with E-state index >= 15 is 0 Å². The molecule has 0 aromatic carbocycles. The van der Waals surface area contributed by atoms with Crippen molar-refractivity contribution >= 4 is 11.3 Å². The molecule has 2 aromatic heterocycles. The van der Waals surface area contributed by atoms with Crippen LogP contribution < -0.4 is 5.73 Å². The Morgan fingerprint density at radius 3 is 2.84 bits per heavy atom. The molecular weight excluding hydrogens is 260 g/mol. The molecule has 0 bridgehead atoms. The van der Waals surface area contributed by atoms with E-state index in [0.717, 1.165) is 25.0 Å². The first kappa shape index (κ1) is 12.7. The zero-order chi connectivity index (χ0) is 13.1. The first-order chi connectivity index (χ1) is 9.31. The summed E-state index contributed by atoms with van der Waals surface area (Å²) in [6.07, 6.45) is 6.95. The van der Waals surface area contributed by atoms with Gasteiger partial charge in [0.15, 0.2) is 0 Å². The molecular formula is C13H18N4OS. The fourth-order valence-corrected chi connectivity index (χ4v) is 3.36. The van der Waals surface area contributed by atoms with Crippen LogP contribution in [0, 0.1) is 5.41 Å². The third-order valence-corrected chi connectivity index (χ3v) is 4.59. The molecule has 1 fully saturated rings. The van der Waals surface area contributed by atoms with Gasteiger partial charge in [-0.3, -0.25) is 0 Å². The Morgan fingerprint density at radius 2 is 2.16 bits per heavy atom. The van der Waals surface area contributed by atoms with Gasteiger partial charge in [0, 0.05) is 11.8 Å². The smallest absolute Gasteiger partial charge is 0.227 e. The Hall–Kier alpha value is -1.27. The molecule has 0 unspecified atom stereocenters. The zero-order valence-electron chi connectivity index (χ0n) is 10.8. The molecule has 6 heteroatoms. The first-order valence-electron chi connectivity index (χ1n) is 6.73. The van der Waals surface area contributed by atoms with Crippen LogP contribution >= 0.6 is 11.3 Å². The van der Waals surface area contributed by atoms with Gasteiger partial charge in [-0.05, 0) is 24.8 Å². The highest BCUT2D eigenvalue weighted by molar-refractivity contribution is 7.07. The summed E-state index contributed by atoms with van der Waals surface area (Å²) in [7, 11) is 0. The highest BCUT2D eigenvalue weighted by Gasteiger charge is 2.33. The molecule has 0 spiro atoms. The number of thiazole rings is 1. The second kappa shape index (κ2) is 5.38.